The fourth-order valence-corrected chi connectivity index (χ4v) is 3.91. The first-order valence-electron chi connectivity index (χ1n) is 8.11. The maximum absolute atomic E-state index is 12.9. The Bertz CT molecular complexity index is 997. The molecule has 26 heavy (non-hydrogen) atoms. The summed E-state index contributed by atoms with van der Waals surface area (Å²) in [5.74, 6) is 0.0175. The van der Waals surface area contributed by atoms with Crippen LogP contribution in [0.25, 0.3) is 5.65 Å². The molecule has 4 rings (SSSR count). The quantitative estimate of drug-likeness (QED) is 0.505. The summed E-state index contributed by atoms with van der Waals surface area (Å²) in [6.45, 7) is 0. The molecule has 0 saturated heterocycles. The minimum atomic E-state index is -4.44. The van der Waals surface area contributed by atoms with Gasteiger partial charge in [-0.2, -0.15) is 13.2 Å². The lowest BCUT2D eigenvalue weighted by Crippen LogP contribution is -2.07. The number of hydrogen-bond acceptors (Lipinski definition) is 4. The van der Waals surface area contributed by atoms with E-state index in [0.29, 0.717) is 11.2 Å². The number of aromatic nitrogens is 3. The molecule has 0 radical (unpaired) electrons. The number of carbonyl (C=O) groups is 1. The third kappa shape index (κ3) is 3.21. The van der Waals surface area contributed by atoms with E-state index in [-0.39, 0.29) is 16.7 Å². The fourth-order valence-electron chi connectivity index (χ4n) is 3.09. The van der Waals surface area contributed by atoms with Gasteiger partial charge in [-0.1, -0.05) is 23.9 Å². The summed E-state index contributed by atoms with van der Waals surface area (Å²) in [6, 6.07) is 7.96. The first-order valence-corrected chi connectivity index (χ1v) is 9.10. The maximum atomic E-state index is 12.9. The van der Waals surface area contributed by atoms with Gasteiger partial charge in [-0.05, 0) is 48.6 Å². The molecule has 0 atom stereocenters. The molecule has 3 aromatic rings. The van der Waals surface area contributed by atoms with E-state index in [9.17, 15) is 18.0 Å². The van der Waals surface area contributed by atoms with E-state index in [4.69, 9.17) is 0 Å². The molecule has 0 aliphatic heterocycles. The van der Waals surface area contributed by atoms with Crippen LogP contribution in [-0.2, 0) is 19.0 Å². The Labute approximate surface area is 151 Å². The number of nitrogens with zero attached hydrogens (tertiary/aromatic N) is 3. The van der Waals surface area contributed by atoms with Crippen molar-refractivity contribution in [3.05, 3.63) is 58.8 Å². The molecule has 1 aliphatic carbocycles. The average Bonchev–Trinajstić information content (AvgIpc) is 3.24. The van der Waals surface area contributed by atoms with Gasteiger partial charge in [0.05, 0.1) is 11.3 Å². The van der Waals surface area contributed by atoms with Gasteiger partial charge in [-0.25, -0.2) is 0 Å². The van der Waals surface area contributed by atoms with E-state index < -0.39 is 11.7 Å². The topological polar surface area (TPSA) is 47.3 Å². The summed E-state index contributed by atoms with van der Waals surface area (Å²) in [5, 5.41) is 8.02. The van der Waals surface area contributed by atoms with Crippen LogP contribution in [0, 0.1) is 0 Å². The van der Waals surface area contributed by atoms with Crippen LogP contribution in [0.3, 0.4) is 0 Å². The Hall–Kier alpha value is -2.35. The first-order chi connectivity index (χ1) is 12.4. The van der Waals surface area contributed by atoms with E-state index in [1.165, 1.54) is 21.6 Å². The highest BCUT2D eigenvalue weighted by molar-refractivity contribution is 7.99. The summed E-state index contributed by atoms with van der Waals surface area (Å²) < 4.78 is 39.9. The lowest BCUT2D eigenvalue weighted by Gasteiger charge is -2.07. The molecule has 0 saturated carbocycles. The molecule has 0 spiro atoms. The zero-order chi connectivity index (χ0) is 18.3. The van der Waals surface area contributed by atoms with Gasteiger partial charge in [0.1, 0.15) is 0 Å². The summed E-state index contributed by atoms with van der Waals surface area (Å²) in [4.78, 5) is 12.4. The van der Waals surface area contributed by atoms with Crippen LogP contribution >= 0.6 is 11.8 Å². The van der Waals surface area contributed by atoms with E-state index in [1.54, 1.807) is 0 Å². The van der Waals surface area contributed by atoms with Crippen molar-refractivity contribution in [2.45, 2.75) is 30.6 Å². The Morgan fingerprint density at radius 2 is 1.92 bits per heavy atom. The number of Topliss-reactive ketones (excluding diaryl/α,β-unsaturated/α-hetero) is 1. The number of rotatable bonds is 4. The van der Waals surface area contributed by atoms with Gasteiger partial charge >= 0.3 is 6.18 Å². The number of alkyl halides is 3. The first kappa shape index (κ1) is 17.1. The van der Waals surface area contributed by atoms with Gasteiger partial charge in [-0.15, -0.1) is 10.2 Å². The van der Waals surface area contributed by atoms with Crippen molar-refractivity contribution in [3.63, 3.8) is 0 Å². The molecule has 0 N–H and O–H groups in total. The van der Waals surface area contributed by atoms with E-state index >= 15 is 0 Å². The lowest BCUT2D eigenvalue weighted by molar-refractivity contribution is -0.137. The number of aryl methyl sites for hydroxylation is 2. The smallest absolute Gasteiger partial charge is 0.293 e. The van der Waals surface area contributed by atoms with Gasteiger partial charge in [0, 0.05) is 11.8 Å². The summed E-state index contributed by atoms with van der Waals surface area (Å²) in [5.41, 5.74) is 2.66. The van der Waals surface area contributed by atoms with Crippen molar-refractivity contribution in [2.75, 3.05) is 5.75 Å². The highest BCUT2D eigenvalue weighted by Gasteiger charge is 2.31. The monoisotopic (exact) mass is 377 g/mol. The van der Waals surface area contributed by atoms with Gasteiger partial charge in [0.25, 0.3) is 0 Å². The molecule has 0 unspecified atom stereocenters. The minimum absolute atomic E-state index is 0.0755. The third-order valence-electron chi connectivity index (χ3n) is 4.45. The number of carbonyl (C=O) groups excluding carboxylic acids is 1. The molecule has 8 heteroatoms. The van der Waals surface area contributed by atoms with E-state index in [1.807, 2.05) is 18.2 Å². The largest absolute Gasteiger partial charge is 0.417 e. The average molecular weight is 377 g/mol. The molecule has 0 amide bonds. The summed E-state index contributed by atoms with van der Waals surface area (Å²) in [7, 11) is 0. The second-order valence-corrected chi connectivity index (χ2v) is 7.12. The Kier molecular flexibility index (Phi) is 4.22. The number of fused-ring (bicyclic) bond motifs is 2. The number of ketones is 1. The van der Waals surface area contributed by atoms with Crippen LogP contribution < -0.4 is 0 Å². The zero-order valence-electron chi connectivity index (χ0n) is 13.6. The molecule has 1 aliphatic rings. The predicted octanol–water partition coefficient (Wildman–Crippen LogP) is 4.21. The van der Waals surface area contributed by atoms with Crippen LogP contribution in [0.2, 0.25) is 0 Å². The summed E-state index contributed by atoms with van der Waals surface area (Å²) in [6.07, 6.45) is -0.350. The maximum Gasteiger partial charge on any atom is 0.417 e. The molecular formula is C18H14F3N3OS. The lowest BCUT2D eigenvalue weighted by atomic mass is 10.0. The van der Waals surface area contributed by atoms with Crippen molar-refractivity contribution >= 4 is 23.2 Å². The van der Waals surface area contributed by atoms with E-state index in [0.717, 1.165) is 43.3 Å². The predicted molar refractivity (Wildman–Crippen MR) is 91.5 cm³/mol. The Morgan fingerprint density at radius 3 is 2.73 bits per heavy atom. The number of pyridine rings is 1. The van der Waals surface area contributed by atoms with Crippen molar-refractivity contribution in [1.82, 2.24) is 14.6 Å². The Balaban J connectivity index is 1.53. The van der Waals surface area contributed by atoms with Crippen molar-refractivity contribution in [3.8, 4) is 0 Å². The van der Waals surface area contributed by atoms with Crippen molar-refractivity contribution < 1.29 is 18.0 Å². The highest BCUT2D eigenvalue weighted by Crippen LogP contribution is 2.30. The molecule has 134 valence electrons. The third-order valence-corrected chi connectivity index (χ3v) is 5.39. The molecule has 2 heterocycles. The van der Waals surface area contributed by atoms with Crippen LogP contribution in [0.1, 0.15) is 33.5 Å². The molecule has 4 nitrogen and oxygen atoms in total. The van der Waals surface area contributed by atoms with Gasteiger partial charge in [0.15, 0.2) is 16.6 Å². The second-order valence-electron chi connectivity index (χ2n) is 6.18. The normalized spacial score (nSPS) is 14.0. The van der Waals surface area contributed by atoms with Gasteiger partial charge in [0.2, 0.25) is 0 Å². The minimum Gasteiger partial charge on any atom is -0.293 e. The molecule has 0 bridgehead atoms. The SMILES string of the molecule is O=C(CSc1nnc2ccc(C(F)(F)F)cn12)c1ccc2c(c1)CCC2. The van der Waals surface area contributed by atoms with Crippen LogP contribution in [0.4, 0.5) is 13.2 Å². The molecule has 2 aromatic heterocycles. The second kappa shape index (κ2) is 6.42. The molecule has 0 fully saturated rings. The number of thioether (sulfide) groups is 1. The van der Waals surface area contributed by atoms with Crippen molar-refractivity contribution in [1.29, 1.82) is 0 Å². The van der Waals surface area contributed by atoms with Crippen LogP contribution in [-0.4, -0.2) is 26.1 Å². The zero-order valence-corrected chi connectivity index (χ0v) is 14.4. The summed E-state index contributed by atoms with van der Waals surface area (Å²) >= 11 is 1.08. The number of benzene rings is 1. The molecular weight excluding hydrogens is 363 g/mol. The Morgan fingerprint density at radius 1 is 1.12 bits per heavy atom. The van der Waals surface area contributed by atoms with Crippen LogP contribution in [0.15, 0.2) is 41.7 Å². The highest BCUT2D eigenvalue weighted by atomic mass is 32.2. The number of halogens is 3. The van der Waals surface area contributed by atoms with Gasteiger partial charge < -0.3 is 0 Å². The number of hydrogen-bond donors (Lipinski definition) is 0. The molecule has 1 aromatic carbocycles. The standard InChI is InChI=1S/C18H14F3N3OS/c19-18(20,21)14-6-7-16-22-23-17(24(16)9-14)26-10-15(25)13-5-4-11-2-1-3-12(11)8-13/h4-9H,1-3,10H2. The van der Waals surface area contributed by atoms with E-state index in [2.05, 4.69) is 10.2 Å². The van der Waals surface area contributed by atoms with Crippen LogP contribution in [0.5, 0.6) is 0 Å². The fraction of sp³-hybridized carbons (Fsp3) is 0.278. The van der Waals surface area contributed by atoms with Gasteiger partial charge in [-0.3, -0.25) is 9.20 Å². The van der Waals surface area contributed by atoms with Crippen molar-refractivity contribution in [2.24, 2.45) is 0 Å².